The van der Waals surface area contributed by atoms with Crippen molar-refractivity contribution in [3.05, 3.63) is 52.3 Å². The van der Waals surface area contributed by atoms with E-state index in [1.807, 2.05) is 18.2 Å². The Morgan fingerprint density at radius 2 is 2.05 bits per heavy atom. The smallest absolute Gasteiger partial charge is 0.352 e. The van der Waals surface area contributed by atoms with Gasteiger partial charge in [-0.05, 0) is 17.9 Å². The highest BCUT2D eigenvalue weighted by molar-refractivity contribution is 5.67. The number of hydrogen-bond acceptors (Lipinski definition) is 6. The average Bonchev–Trinajstić information content (AvgIpc) is 2.47. The Balaban J connectivity index is 1.98. The molecular formula is C14H17N5O2. The second kappa shape index (κ2) is 6.65. The predicted octanol–water partition coefficient (Wildman–Crippen LogP) is 2.57. The van der Waals surface area contributed by atoms with Crippen LogP contribution in [0, 0.1) is 10.1 Å². The van der Waals surface area contributed by atoms with Crippen molar-refractivity contribution in [1.82, 2.24) is 9.97 Å². The van der Waals surface area contributed by atoms with Crippen LogP contribution in [0.15, 0.2) is 36.7 Å². The normalized spacial score (nSPS) is 11.9. The van der Waals surface area contributed by atoms with Gasteiger partial charge in [-0.15, -0.1) is 0 Å². The maximum absolute atomic E-state index is 11.0. The molecule has 1 heterocycles. The van der Waals surface area contributed by atoms with Gasteiger partial charge in [-0.1, -0.05) is 37.3 Å². The molecule has 0 radical (unpaired) electrons. The first-order valence-electron chi connectivity index (χ1n) is 6.63. The number of aromatic nitrogens is 2. The third kappa shape index (κ3) is 3.65. The summed E-state index contributed by atoms with van der Waals surface area (Å²) in [4.78, 5) is 17.9. The number of hydrogen-bond donors (Lipinski definition) is 2. The number of benzene rings is 1. The van der Waals surface area contributed by atoms with Crippen molar-refractivity contribution in [2.75, 3.05) is 17.6 Å². The van der Waals surface area contributed by atoms with Crippen molar-refractivity contribution in [1.29, 1.82) is 0 Å². The second-order valence-electron chi connectivity index (χ2n) is 4.74. The largest absolute Gasteiger partial charge is 0.378 e. The molecule has 0 fully saturated rings. The SMILES string of the molecule is CC(CCNc1ncnc(N)c1[N+](=O)[O-])c1ccccc1. The number of rotatable bonds is 6. The van der Waals surface area contributed by atoms with E-state index >= 15 is 0 Å². The van der Waals surface area contributed by atoms with Gasteiger partial charge in [0.1, 0.15) is 6.33 Å². The van der Waals surface area contributed by atoms with Gasteiger partial charge < -0.3 is 11.1 Å². The molecule has 1 aromatic heterocycles. The molecule has 2 aromatic rings. The molecule has 21 heavy (non-hydrogen) atoms. The quantitative estimate of drug-likeness (QED) is 0.624. The maximum atomic E-state index is 11.0. The summed E-state index contributed by atoms with van der Waals surface area (Å²) in [5.41, 5.74) is 6.47. The van der Waals surface area contributed by atoms with Gasteiger partial charge in [0.05, 0.1) is 4.92 Å². The summed E-state index contributed by atoms with van der Waals surface area (Å²) in [5, 5.41) is 13.9. The fourth-order valence-electron chi connectivity index (χ4n) is 2.06. The van der Waals surface area contributed by atoms with Crippen molar-refractivity contribution < 1.29 is 4.92 Å². The lowest BCUT2D eigenvalue weighted by atomic mass is 9.98. The summed E-state index contributed by atoms with van der Waals surface area (Å²) in [7, 11) is 0. The van der Waals surface area contributed by atoms with Crippen LogP contribution in [0.3, 0.4) is 0 Å². The highest BCUT2D eigenvalue weighted by Gasteiger charge is 2.20. The molecule has 7 heteroatoms. The molecule has 0 aliphatic heterocycles. The molecule has 0 saturated heterocycles. The lowest BCUT2D eigenvalue weighted by molar-refractivity contribution is -0.383. The van der Waals surface area contributed by atoms with Crippen LogP contribution in [0.4, 0.5) is 17.3 Å². The molecule has 0 amide bonds. The molecule has 0 aliphatic carbocycles. The van der Waals surface area contributed by atoms with Gasteiger partial charge >= 0.3 is 5.69 Å². The van der Waals surface area contributed by atoms with E-state index in [1.54, 1.807) is 0 Å². The van der Waals surface area contributed by atoms with Crippen LogP contribution >= 0.6 is 0 Å². The lowest BCUT2D eigenvalue weighted by Crippen LogP contribution is -2.11. The number of nitrogens with two attached hydrogens (primary N) is 1. The minimum atomic E-state index is -0.571. The number of nitrogens with one attached hydrogen (secondary N) is 1. The van der Waals surface area contributed by atoms with E-state index in [0.29, 0.717) is 12.5 Å². The highest BCUT2D eigenvalue weighted by atomic mass is 16.6. The van der Waals surface area contributed by atoms with Crippen LogP contribution in [-0.2, 0) is 0 Å². The molecule has 0 aliphatic rings. The second-order valence-corrected chi connectivity index (χ2v) is 4.74. The molecular weight excluding hydrogens is 270 g/mol. The fraction of sp³-hybridized carbons (Fsp3) is 0.286. The maximum Gasteiger partial charge on any atom is 0.352 e. The first-order chi connectivity index (χ1) is 10.1. The minimum Gasteiger partial charge on any atom is -0.378 e. The summed E-state index contributed by atoms with van der Waals surface area (Å²) in [6, 6.07) is 10.1. The van der Waals surface area contributed by atoms with E-state index in [-0.39, 0.29) is 17.3 Å². The number of anilines is 2. The summed E-state index contributed by atoms with van der Waals surface area (Å²) < 4.78 is 0. The topological polar surface area (TPSA) is 107 Å². The Bertz CT molecular complexity index is 618. The third-order valence-corrected chi connectivity index (χ3v) is 3.27. The molecule has 0 spiro atoms. The van der Waals surface area contributed by atoms with Crippen LogP contribution in [0.2, 0.25) is 0 Å². The van der Waals surface area contributed by atoms with Gasteiger partial charge in [-0.2, -0.15) is 0 Å². The summed E-state index contributed by atoms with van der Waals surface area (Å²) >= 11 is 0. The zero-order valence-corrected chi connectivity index (χ0v) is 11.7. The van der Waals surface area contributed by atoms with Crippen molar-refractivity contribution >= 4 is 17.3 Å². The molecule has 0 saturated carbocycles. The Morgan fingerprint density at radius 3 is 2.71 bits per heavy atom. The monoisotopic (exact) mass is 287 g/mol. The fourth-order valence-corrected chi connectivity index (χ4v) is 2.06. The highest BCUT2D eigenvalue weighted by Crippen LogP contribution is 2.26. The van der Waals surface area contributed by atoms with E-state index in [9.17, 15) is 10.1 Å². The molecule has 0 bridgehead atoms. The van der Waals surface area contributed by atoms with E-state index < -0.39 is 4.92 Å². The van der Waals surface area contributed by atoms with Gasteiger partial charge in [-0.25, -0.2) is 9.97 Å². The van der Waals surface area contributed by atoms with Gasteiger partial charge in [0.15, 0.2) is 0 Å². The van der Waals surface area contributed by atoms with Crippen LogP contribution in [-0.4, -0.2) is 21.4 Å². The summed E-state index contributed by atoms with van der Waals surface area (Å²) in [6.07, 6.45) is 2.04. The molecule has 7 nitrogen and oxygen atoms in total. The van der Waals surface area contributed by atoms with E-state index in [4.69, 9.17) is 5.73 Å². The molecule has 2 rings (SSSR count). The van der Waals surface area contributed by atoms with E-state index in [0.717, 1.165) is 6.42 Å². The number of nitro groups is 1. The average molecular weight is 287 g/mol. The van der Waals surface area contributed by atoms with Gasteiger partial charge in [0.2, 0.25) is 11.6 Å². The van der Waals surface area contributed by atoms with E-state index in [1.165, 1.54) is 11.9 Å². The molecule has 1 unspecified atom stereocenters. The van der Waals surface area contributed by atoms with Crippen LogP contribution in [0.5, 0.6) is 0 Å². The molecule has 3 N–H and O–H groups in total. The van der Waals surface area contributed by atoms with Crippen LogP contribution in [0.25, 0.3) is 0 Å². The van der Waals surface area contributed by atoms with Crippen LogP contribution < -0.4 is 11.1 Å². The molecule has 110 valence electrons. The number of nitrogen functional groups attached to an aromatic ring is 1. The zero-order valence-electron chi connectivity index (χ0n) is 11.7. The van der Waals surface area contributed by atoms with Gasteiger partial charge in [0, 0.05) is 6.54 Å². The summed E-state index contributed by atoms with van der Waals surface area (Å²) in [5.74, 6) is 0.373. The van der Waals surface area contributed by atoms with Crippen molar-refractivity contribution in [3.8, 4) is 0 Å². The Kier molecular flexibility index (Phi) is 4.65. The van der Waals surface area contributed by atoms with E-state index in [2.05, 4.69) is 34.3 Å². The van der Waals surface area contributed by atoms with Crippen LogP contribution in [0.1, 0.15) is 24.8 Å². The Hall–Kier alpha value is -2.70. The van der Waals surface area contributed by atoms with Gasteiger partial charge in [0.25, 0.3) is 0 Å². The lowest BCUT2D eigenvalue weighted by Gasteiger charge is -2.12. The van der Waals surface area contributed by atoms with Crippen molar-refractivity contribution in [2.45, 2.75) is 19.3 Å². The third-order valence-electron chi connectivity index (χ3n) is 3.27. The first kappa shape index (κ1) is 14.7. The van der Waals surface area contributed by atoms with Gasteiger partial charge in [-0.3, -0.25) is 10.1 Å². The standard InChI is InChI=1S/C14H17N5O2/c1-10(11-5-3-2-4-6-11)7-8-16-14-12(19(20)21)13(15)17-9-18-14/h2-6,9-10H,7-8H2,1H3,(H3,15,16,17,18). The zero-order chi connectivity index (χ0) is 15.2. The predicted molar refractivity (Wildman–Crippen MR) is 81.1 cm³/mol. The minimum absolute atomic E-state index is 0.131. The molecule has 1 atom stereocenters. The Labute approximate surface area is 122 Å². The molecule has 1 aromatic carbocycles. The number of nitrogens with zero attached hydrogens (tertiary/aromatic N) is 3. The first-order valence-corrected chi connectivity index (χ1v) is 6.63. The van der Waals surface area contributed by atoms with Crippen molar-refractivity contribution in [2.24, 2.45) is 0 Å². The van der Waals surface area contributed by atoms with Crippen molar-refractivity contribution in [3.63, 3.8) is 0 Å². The Morgan fingerprint density at radius 1 is 1.33 bits per heavy atom. The summed E-state index contributed by atoms with van der Waals surface area (Å²) in [6.45, 7) is 2.67.